The highest BCUT2D eigenvalue weighted by Crippen LogP contribution is 2.13. The summed E-state index contributed by atoms with van der Waals surface area (Å²) in [6.07, 6.45) is 0.920. The number of ketones is 1. The van der Waals surface area contributed by atoms with Gasteiger partial charge in [0.15, 0.2) is 0 Å². The average Bonchev–Trinajstić information content (AvgIpc) is 2.38. The van der Waals surface area contributed by atoms with Gasteiger partial charge >= 0.3 is 0 Å². The van der Waals surface area contributed by atoms with E-state index in [-0.39, 0.29) is 24.5 Å². The van der Waals surface area contributed by atoms with Crippen molar-refractivity contribution in [3.05, 3.63) is 41.7 Å². The molecule has 0 aromatic heterocycles. The zero-order valence-electron chi connectivity index (χ0n) is 10.5. The number of Topliss-reactive ketones (excluding diaryl/α,β-unsaturated/α-hetero) is 1. The van der Waals surface area contributed by atoms with Crippen LogP contribution in [0.2, 0.25) is 0 Å². The number of nitrogens with one attached hydrogen (secondary N) is 2. The Bertz CT molecular complexity index is 526. The fraction of sp³-hybridized carbons (Fsp3) is 0.167. The molecule has 0 aliphatic rings. The molecule has 6 nitrogen and oxygen atoms in total. The zero-order chi connectivity index (χ0) is 15.1. The van der Waals surface area contributed by atoms with Crippen molar-refractivity contribution >= 4 is 17.4 Å². The second-order valence-electron chi connectivity index (χ2n) is 3.74. The Morgan fingerprint density at radius 3 is 2.30 bits per heavy atom. The molecule has 6 N–H and O–H groups in total. The molecule has 0 spiro atoms. The van der Waals surface area contributed by atoms with E-state index in [4.69, 9.17) is 11.5 Å². The summed E-state index contributed by atoms with van der Waals surface area (Å²) in [5, 5.41) is 4.64. The largest absolute Gasteiger partial charge is 0.403 e. The molecule has 0 aliphatic carbocycles. The maximum Gasteiger partial charge on any atom is 0.298 e. The number of hydrogen-bond donors (Lipinski definition) is 4. The van der Waals surface area contributed by atoms with Crippen LogP contribution in [0.15, 0.2) is 30.1 Å². The third kappa shape index (κ3) is 4.32. The first-order valence-electron chi connectivity index (χ1n) is 5.65. The van der Waals surface area contributed by atoms with Crippen molar-refractivity contribution in [1.29, 1.82) is 0 Å². The minimum atomic E-state index is -1.07. The highest BCUT2D eigenvalue weighted by atomic mass is 19.1. The predicted molar refractivity (Wildman–Crippen MR) is 69.3 cm³/mol. The molecule has 0 aliphatic heterocycles. The third-order valence-corrected chi connectivity index (χ3v) is 2.20. The van der Waals surface area contributed by atoms with Crippen LogP contribution in [0.1, 0.15) is 0 Å². The molecule has 108 valence electrons. The minimum Gasteiger partial charge on any atom is -0.403 e. The molecule has 0 atom stereocenters. The van der Waals surface area contributed by atoms with E-state index < -0.39 is 23.3 Å². The second-order valence-corrected chi connectivity index (χ2v) is 3.74. The summed E-state index contributed by atoms with van der Waals surface area (Å²) in [7, 11) is 0. The van der Waals surface area contributed by atoms with Crippen LogP contribution in [0.4, 0.5) is 14.5 Å². The average molecular weight is 284 g/mol. The Kier molecular flexibility index (Phi) is 5.60. The topological polar surface area (TPSA) is 110 Å². The Hall–Kier alpha value is -2.48. The van der Waals surface area contributed by atoms with E-state index in [1.54, 1.807) is 0 Å². The highest BCUT2D eigenvalue weighted by molar-refractivity contribution is 6.46. The van der Waals surface area contributed by atoms with E-state index in [1.165, 1.54) is 0 Å². The van der Waals surface area contributed by atoms with E-state index >= 15 is 0 Å². The van der Waals surface area contributed by atoms with Gasteiger partial charge in [-0.3, -0.25) is 9.59 Å². The van der Waals surface area contributed by atoms with Crippen molar-refractivity contribution in [2.45, 2.75) is 0 Å². The monoisotopic (exact) mass is 284 g/mol. The molecule has 8 heteroatoms. The summed E-state index contributed by atoms with van der Waals surface area (Å²) in [5.41, 5.74) is 10.1. The molecule has 1 aromatic rings. The normalized spacial score (nSPS) is 11.1. The fourth-order valence-electron chi connectivity index (χ4n) is 1.36. The lowest BCUT2D eigenvalue weighted by Crippen LogP contribution is -2.33. The minimum absolute atomic E-state index is 0.148. The standard InChI is InChI=1S/C12H14F2N4O2/c13-7-3-8(14)5-9(4-7)18-12(20)11(19)10(6-16)17-2-1-15/h3-6,17H,1-2,15-16H2,(H,18,20). The SMILES string of the molecule is NC=C(NCCN)C(=O)C(=O)Nc1cc(F)cc(F)c1. The maximum atomic E-state index is 12.9. The molecular weight excluding hydrogens is 270 g/mol. The van der Waals surface area contributed by atoms with Crippen LogP contribution in [0.25, 0.3) is 0 Å². The lowest BCUT2D eigenvalue weighted by Gasteiger charge is -2.09. The summed E-state index contributed by atoms with van der Waals surface area (Å²) < 4.78 is 25.9. The number of carbonyl (C=O) groups excluding carboxylic acids is 2. The van der Waals surface area contributed by atoms with Crippen LogP contribution in [-0.2, 0) is 9.59 Å². The van der Waals surface area contributed by atoms with Crippen LogP contribution in [0.3, 0.4) is 0 Å². The number of benzene rings is 1. The van der Waals surface area contributed by atoms with Crippen molar-refractivity contribution in [3.63, 3.8) is 0 Å². The number of rotatable bonds is 6. The van der Waals surface area contributed by atoms with Crippen LogP contribution in [0, 0.1) is 11.6 Å². The van der Waals surface area contributed by atoms with Gasteiger partial charge in [0.25, 0.3) is 11.7 Å². The Morgan fingerprint density at radius 1 is 1.20 bits per heavy atom. The third-order valence-electron chi connectivity index (χ3n) is 2.20. The number of nitrogens with two attached hydrogens (primary N) is 2. The number of halogens is 2. The molecular formula is C12H14F2N4O2. The van der Waals surface area contributed by atoms with E-state index in [2.05, 4.69) is 10.6 Å². The van der Waals surface area contributed by atoms with Gasteiger partial charge in [0.2, 0.25) is 0 Å². The molecule has 0 saturated carbocycles. The van der Waals surface area contributed by atoms with Gasteiger partial charge in [-0.05, 0) is 12.1 Å². The van der Waals surface area contributed by atoms with Gasteiger partial charge in [0, 0.05) is 31.0 Å². The molecule has 0 radical (unpaired) electrons. The number of carbonyl (C=O) groups is 2. The Labute approximate surface area is 113 Å². The van der Waals surface area contributed by atoms with Crippen molar-refractivity contribution < 1.29 is 18.4 Å². The van der Waals surface area contributed by atoms with E-state index in [9.17, 15) is 18.4 Å². The molecule has 1 amide bonds. The first kappa shape index (κ1) is 15.6. The Balaban J connectivity index is 2.77. The van der Waals surface area contributed by atoms with Gasteiger partial charge in [-0.1, -0.05) is 0 Å². The molecule has 1 aromatic carbocycles. The second kappa shape index (κ2) is 7.19. The van der Waals surface area contributed by atoms with Crippen LogP contribution >= 0.6 is 0 Å². The lowest BCUT2D eigenvalue weighted by molar-refractivity contribution is -0.132. The summed E-state index contributed by atoms with van der Waals surface area (Å²) >= 11 is 0. The van der Waals surface area contributed by atoms with Gasteiger partial charge < -0.3 is 22.1 Å². The van der Waals surface area contributed by atoms with Crippen LogP contribution < -0.4 is 22.1 Å². The summed E-state index contributed by atoms with van der Waals surface area (Å²) in [4.78, 5) is 23.3. The number of anilines is 1. The molecule has 20 heavy (non-hydrogen) atoms. The predicted octanol–water partition coefficient (Wildman–Crippen LogP) is -0.179. The maximum absolute atomic E-state index is 12.9. The van der Waals surface area contributed by atoms with E-state index in [1.807, 2.05) is 0 Å². The molecule has 0 bridgehead atoms. The Morgan fingerprint density at radius 2 is 1.80 bits per heavy atom. The molecule has 0 unspecified atom stereocenters. The molecule has 0 saturated heterocycles. The van der Waals surface area contributed by atoms with Gasteiger partial charge in [0.1, 0.15) is 17.3 Å². The van der Waals surface area contributed by atoms with E-state index in [0.717, 1.165) is 18.3 Å². The van der Waals surface area contributed by atoms with Crippen molar-refractivity contribution in [1.82, 2.24) is 5.32 Å². The van der Waals surface area contributed by atoms with Gasteiger partial charge in [-0.25, -0.2) is 8.78 Å². The van der Waals surface area contributed by atoms with Crippen LogP contribution in [0.5, 0.6) is 0 Å². The summed E-state index contributed by atoms with van der Waals surface area (Å²) in [6.45, 7) is 0.484. The van der Waals surface area contributed by atoms with Gasteiger partial charge in [-0.2, -0.15) is 0 Å². The zero-order valence-corrected chi connectivity index (χ0v) is 10.5. The van der Waals surface area contributed by atoms with Crippen molar-refractivity contribution in [3.8, 4) is 0 Å². The van der Waals surface area contributed by atoms with Crippen molar-refractivity contribution in [2.75, 3.05) is 18.4 Å². The lowest BCUT2D eigenvalue weighted by atomic mass is 10.2. The number of amides is 1. The highest BCUT2D eigenvalue weighted by Gasteiger charge is 2.19. The number of hydrogen-bond acceptors (Lipinski definition) is 5. The fourth-order valence-corrected chi connectivity index (χ4v) is 1.36. The van der Waals surface area contributed by atoms with Gasteiger partial charge in [-0.15, -0.1) is 0 Å². The first-order valence-corrected chi connectivity index (χ1v) is 5.65. The summed E-state index contributed by atoms with van der Waals surface area (Å²) in [6, 6.07) is 2.41. The first-order chi connectivity index (χ1) is 9.47. The van der Waals surface area contributed by atoms with Crippen molar-refractivity contribution in [2.24, 2.45) is 11.5 Å². The molecule has 1 rings (SSSR count). The van der Waals surface area contributed by atoms with E-state index in [0.29, 0.717) is 6.07 Å². The van der Waals surface area contributed by atoms with Gasteiger partial charge in [0.05, 0.1) is 0 Å². The summed E-state index contributed by atoms with van der Waals surface area (Å²) in [5.74, 6) is -3.78. The quantitative estimate of drug-likeness (QED) is 0.428. The molecule has 0 heterocycles. The smallest absolute Gasteiger partial charge is 0.298 e. The van der Waals surface area contributed by atoms with Crippen LogP contribution in [-0.4, -0.2) is 24.8 Å². The molecule has 0 fully saturated rings.